The van der Waals surface area contributed by atoms with Gasteiger partial charge < -0.3 is 61.5 Å². The van der Waals surface area contributed by atoms with E-state index < -0.39 is 0 Å². The van der Waals surface area contributed by atoms with Crippen molar-refractivity contribution in [3.8, 4) is 0 Å². The zero-order chi connectivity index (χ0) is 0. The molecule has 20 N–H and O–H groups in total. The fourth-order valence-electron chi connectivity index (χ4n) is 0. The monoisotopic (exact) mass is 550 g/mol. The Hall–Kier alpha value is 0.977. The van der Waals surface area contributed by atoms with Gasteiger partial charge in [-0.2, -0.15) is 0 Å². The van der Waals surface area contributed by atoms with Crippen molar-refractivity contribution in [3.05, 3.63) is 61.5 Å². The Balaban J connectivity index is 0. The van der Waals surface area contributed by atoms with Crippen LogP contribution in [0.1, 0.15) is 0 Å². The summed E-state index contributed by atoms with van der Waals surface area (Å²) in [5.41, 5.74) is 0. The van der Waals surface area contributed by atoms with Gasteiger partial charge in [-0.3, -0.25) is 0 Å². The van der Waals surface area contributed by atoms with Crippen LogP contribution < -0.4 is 0 Å². The largest absolute Gasteiger partial charge is 2.00 e. The number of nitrogens with two attached hydrogens (primary N) is 10. The summed E-state index contributed by atoms with van der Waals surface area (Å²) in [5, 5.41) is 0. The van der Waals surface area contributed by atoms with Crippen LogP contribution in [0.3, 0.4) is 0 Å². The van der Waals surface area contributed by atoms with E-state index in [1.165, 1.54) is 0 Å². The summed E-state index contributed by atoms with van der Waals surface area (Å²) in [6.45, 7) is 0. The van der Waals surface area contributed by atoms with Crippen molar-refractivity contribution in [1.29, 1.82) is 0 Å². The van der Waals surface area contributed by atoms with E-state index >= 15 is 0 Å². The zero-order valence-corrected chi connectivity index (χ0v) is 11.0. The normalized spacial score (nSPS) is 0. The third-order valence-corrected chi connectivity index (χ3v) is 0. The Morgan fingerprint density at radius 1 is 0.167 bits per heavy atom. The Morgan fingerprint density at radius 3 is 0.167 bits per heavy atom. The Bertz CT molecular complexity index is 7.80. The van der Waals surface area contributed by atoms with Gasteiger partial charge in [-0.15, -0.1) is 0 Å². The predicted molar refractivity (Wildman–Crippen MR) is 52.8 cm³/mol. The molecule has 0 aromatic rings. The van der Waals surface area contributed by atoms with Gasteiger partial charge in [0, 0.05) is 0 Å². The van der Waals surface area contributed by atoms with Gasteiger partial charge in [-0.1, -0.05) is 0 Å². The van der Waals surface area contributed by atoms with E-state index in [4.69, 9.17) is 0 Å². The van der Waals surface area contributed by atoms with Crippen LogP contribution in [0, 0.1) is 0 Å². The fourth-order valence-corrected chi connectivity index (χ4v) is 0. The second-order valence-corrected chi connectivity index (χ2v) is 0. The first-order valence-corrected chi connectivity index (χ1v) is 0. The molecule has 0 aromatic carbocycles. The average molecular weight is 550 g/mol. The molecule has 0 heterocycles. The molecule has 0 atom stereocenters. The SMILES string of the molecule is [NH2-].[NH2-].[NH2-].[NH2-].[NH2-].[NH2-].[NH2-].[NH2-].[NH2-].[NH2-].[Pt+2].[Pt+2]. The van der Waals surface area contributed by atoms with Gasteiger partial charge in [0.25, 0.3) is 0 Å². The van der Waals surface area contributed by atoms with E-state index in [9.17, 15) is 0 Å². The fraction of sp³-hybridized carbons (Fsp3) is 0. The second kappa shape index (κ2) is 1510. The van der Waals surface area contributed by atoms with E-state index in [-0.39, 0.29) is 104 Å². The van der Waals surface area contributed by atoms with Gasteiger partial charge in [-0.05, 0) is 0 Å². The topological polar surface area (TPSA) is 335 Å². The van der Waals surface area contributed by atoms with Crippen molar-refractivity contribution < 1.29 is 42.1 Å². The average Bonchev–Trinajstić information content (AvgIpc) is 0. The van der Waals surface area contributed by atoms with Crippen LogP contribution in [-0.4, -0.2) is 0 Å². The summed E-state index contributed by atoms with van der Waals surface area (Å²) < 4.78 is 0. The minimum absolute atomic E-state index is 0. The summed E-state index contributed by atoms with van der Waals surface area (Å²) in [6.07, 6.45) is 0. The van der Waals surface area contributed by atoms with Crippen molar-refractivity contribution in [2.45, 2.75) is 0 Å². The molecule has 0 aliphatic rings. The maximum absolute atomic E-state index is 0. The summed E-state index contributed by atoms with van der Waals surface area (Å²) >= 11 is 0. The second-order valence-electron chi connectivity index (χ2n) is 0. The van der Waals surface area contributed by atoms with Gasteiger partial charge in [0.2, 0.25) is 0 Å². The molecule has 0 fully saturated rings. The maximum Gasteiger partial charge on any atom is 2.00 e. The molecule has 12 heteroatoms. The minimum atomic E-state index is 0. The first-order valence-electron chi connectivity index (χ1n) is 0. The third kappa shape index (κ3) is 1150. The molecule has 0 aromatic heterocycles. The molecule has 0 aliphatic heterocycles. The standard InChI is InChI=1S/10H2N.2Pt/h10*1H2;;/q10*-1;2*+2. The van der Waals surface area contributed by atoms with Crippen LogP contribution in [0.2, 0.25) is 0 Å². The molecular weight excluding hydrogens is 530 g/mol. The molecule has 0 saturated heterocycles. The van der Waals surface area contributed by atoms with Gasteiger partial charge in [0.15, 0.2) is 0 Å². The van der Waals surface area contributed by atoms with E-state index in [2.05, 4.69) is 0 Å². The number of hydrogen-bond donors (Lipinski definition) is 0. The Labute approximate surface area is 104 Å². The molecular formula is H20N10Pt2-6. The molecule has 0 bridgehead atoms. The van der Waals surface area contributed by atoms with Crippen molar-refractivity contribution >= 4 is 0 Å². The molecule has 12 heavy (non-hydrogen) atoms. The third-order valence-electron chi connectivity index (χ3n) is 0. The quantitative estimate of drug-likeness (QED) is 0.289. The predicted octanol–water partition coefficient (Wildman–Crippen LogP) is 7.17. The summed E-state index contributed by atoms with van der Waals surface area (Å²) in [4.78, 5) is 0. The van der Waals surface area contributed by atoms with Crippen molar-refractivity contribution in [3.63, 3.8) is 0 Å². The van der Waals surface area contributed by atoms with E-state index in [0.717, 1.165) is 0 Å². The Kier molecular flexibility index (Phi) is 246000. The zero-order valence-electron chi connectivity index (χ0n) is 6.41. The summed E-state index contributed by atoms with van der Waals surface area (Å²) in [5.74, 6) is 0. The van der Waals surface area contributed by atoms with Gasteiger partial charge in [0.1, 0.15) is 0 Å². The number of hydrogen-bond acceptors (Lipinski definition) is 0. The molecule has 96 valence electrons. The minimum Gasteiger partial charge on any atom is -0.693 e. The van der Waals surface area contributed by atoms with E-state index in [1.807, 2.05) is 0 Å². The summed E-state index contributed by atoms with van der Waals surface area (Å²) in [7, 11) is 0. The molecule has 10 nitrogen and oxygen atoms in total. The van der Waals surface area contributed by atoms with Crippen LogP contribution in [0.5, 0.6) is 0 Å². The molecule has 0 radical (unpaired) electrons. The van der Waals surface area contributed by atoms with Crippen LogP contribution >= 0.6 is 0 Å². The van der Waals surface area contributed by atoms with E-state index in [1.54, 1.807) is 0 Å². The summed E-state index contributed by atoms with van der Waals surface area (Å²) in [6, 6.07) is 0. The van der Waals surface area contributed by atoms with E-state index in [0.29, 0.717) is 0 Å². The van der Waals surface area contributed by atoms with Crippen molar-refractivity contribution in [1.82, 2.24) is 0 Å². The first kappa shape index (κ1) is 1950. The molecule has 0 saturated carbocycles. The van der Waals surface area contributed by atoms with Gasteiger partial charge in [-0.25, -0.2) is 0 Å². The van der Waals surface area contributed by atoms with Crippen LogP contribution in [0.15, 0.2) is 0 Å². The van der Waals surface area contributed by atoms with Crippen LogP contribution in [-0.2, 0) is 42.1 Å². The van der Waals surface area contributed by atoms with Crippen molar-refractivity contribution in [2.75, 3.05) is 0 Å². The molecule has 0 spiro atoms. The first-order chi connectivity index (χ1) is 0. The van der Waals surface area contributed by atoms with Crippen LogP contribution in [0.25, 0.3) is 61.5 Å². The number of rotatable bonds is 0. The van der Waals surface area contributed by atoms with Crippen LogP contribution in [0.4, 0.5) is 0 Å². The Morgan fingerprint density at radius 2 is 0.167 bits per heavy atom. The molecule has 0 rings (SSSR count). The molecule has 0 amide bonds. The van der Waals surface area contributed by atoms with Gasteiger partial charge >= 0.3 is 42.1 Å². The maximum atomic E-state index is 0. The molecule has 0 aliphatic carbocycles. The van der Waals surface area contributed by atoms with Gasteiger partial charge in [0.05, 0.1) is 0 Å². The molecule has 0 unspecified atom stereocenters. The smallest absolute Gasteiger partial charge is 0.693 e. The van der Waals surface area contributed by atoms with Crippen molar-refractivity contribution in [2.24, 2.45) is 0 Å².